The van der Waals surface area contributed by atoms with Crippen molar-refractivity contribution in [1.82, 2.24) is 0 Å². The molecule has 0 amide bonds. The van der Waals surface area contributed by atoms with Gasteiger partial charge in [0.2, 0.25) is 0 Å². The highest BCUT2D eigenvalue weighted by atomic mass is 14.0. The van der Waals surface area contributed by atoms with Gasteiger partial charge in [-0.05, 0) is 24.7 Å². The lowest BCUT2D eigenvalue weighted by Crippen LogP contribution is -1.85. The van der Waals surface area contributed by atoms with Crippen LogP contribution in [0.4, 0.5) is 0 Å². The first-order chi connectivity index (χ1) is 5.13. The zero-order chi connectivity index (χ0) is 8.69. The summed E-state index contributed by atoms with van der Waals surface area (Å²) in [6.07, 6.45) is 8.58. The second-order valence-electron chi connectivity index (χ2n) is 4.00. The number of rotatable bonds is 5. The Hall–Kier alpha value is -0.260. The van der Waals surface area contributed by atoms with Gasteiger partial charge in [-0.2, -0.15) is 0 Å². The molecule has 0 aromatic rings. The van der Waals surface area contributed by atoms with Gasteiger partial charge in [-0.15, -0.1) is 0 Å². The largest absolute Gasteiger partial charge is 0.0883 e. The van der Waals surface area contributed by atoms with Gasteiger partial charge in [0.1, 0.15) is 0 Å². The van der Waals surface area contributed by atoms with Crippen LogP contribution >= 0.6 is 0 Å². The number of unbranched alkanes of at least 4 members (excludes halogenated alkanes) is 1. The third kappa shape index (κ3) is 9.74. The van der Waals surface area contributed by atoms with Crippen molar-refractivity contribution in [2.75, 3.05) is 0 Å². The highest BCUT2D eigenvalue weighted by Crippen LogP contribution is 2.07. The normalized spacial score (nSPS) is 12.2. The van der Waals surface area contributed by atoms with Crippen LogP contribution in [0.25, 0.3) is 0 Å². The molecule has 0 nitrogen and oxygen atoms in total. The minimum absolute atomic E-state index is 0.717. The van der Waals surface area contributed by atoms with Crippen molar-refractivity contribution < 1.29 is 0 Å². The van der Waals surface area contributed by atoms with E-state index >= 15 is 0 Å². The zero-order valence-electron chi connectivity index (χ0n) is 8.43. The van der Waals surface area contributed by atoms with Crippen molar-refractivity contribution in [3.8, 4) is 0 Å². The lowest BCUT2D eigenvalue weighted by atomic mass is 10.1. The van der Waals surface area contributed by atoms with Crippen LogP contribution in [0, 0.1) is 11.8 Å². The van der Waals surface area contributed by atoms with Crippen molar-refractivity contribution in [2.45, 2.75) is 47.0 Å². The van der Waals surface area contributed by atoms with Gasteiger partial charge in [-0.3, -0.25) is 0 Å². The van der Waals surface area contributed by atoms with Crippen molar-refractivity contribution >= 4 is 0 Å². The van der Waals surface area contributed by atoms with E-state index in [0.29, 0.717) is 5.92 Å². The topological polar surface area (TPSA) is 0 Å². The molecule has 0 spiro atoms. The zero-order valence-corrected chi connectivity index (χ0v) is 8.43. The maximum Gasteiger partial charge on any atom is -0.0290 e. The summed E-state index contributed by atoms with van der Waals surface area (Å²) in [5.74, 6) is 1.58. The van der Waals surface area contributed by atoms with Gasteiger partial charge in [0.15, 0.2) is 0 Å². The first-order valence-corrected chi connectivity index (χ1v) is 4.79. The van der Waals surface area contributed by atoms with E-state index < -0.39 is 0 Å². The summed E-state index contributed by atoms with van der Waals surface area (Å²) in [5, 5.41) is 0. The molecule has 0 aliphatic rings. The first-order valence-electron chi connectivity index (χ1n) is 4.79. The van der Waals surface area contributed by atoms with Crippen LogP contribution in [0.5, 0.6) is 0 Å². The minimum atomic E-state index is 0.717. The van der Waals surface area contributed by atoms with E-state index in [4.69, 9.17) is 0 Å². The van der Waals surface area contributed by atoms with Crippen molar-refractivity contribution in [3.63, 3.8) is 0 Å². The second kappa shape index (κ2) is 6.45. The summed E-state index contributed by atoms with van der Waals surface area (Å²) in [5.41, 5.74) is 0. The number of hydrogen-bond donors (Lipinski definition) is 0. The summed E-state index contributed by atoms with van der Waals surface area (Å²) in [6.45, 7) is 9.01. The fourth-order valence-electron chi connectivity index (χ4n) is 1.01. The van der Waals surface area contributed by atoms with Gasteiger partial charge in [-0.25, -0.2) is 0 Å². The molecular formula is C11H22. The monoisotopic (exact) mass is 154 g/mol. The average Bonchev–Trinajstić information content (AvgIpc) is 1.85. The molecule has 0 heterocycles. The molecule has 0 bridgehead atoms. The second-order valence-corrected chi connectivity index (χ2v) is 4.00. The third-order valence-corrected chi connectivity index (χ3v) is 1.67. The summed E-state index contributed by atoms with van der Waals surface area (Å²) in [7, 11) is 0. The van der Waals surface area contributed by atoms with Crippen molar-refractivity contribution in [3.05, 3.63) is 12.2 Å². The molecule has 0 radical (unpaired) electrons. The van der Waals surface area contributed by atoms with Crippen LogP contribution in [-0.2, 0) is 0 Å². The molecule has 0 aromatic carbocycles. The predicted octanol–water partition coefficient (Wildman–Crippen LogP) is 4.02. The Morgan fingerprint density at radius 1 is 1.09 bits per heavy atom. The molecule has 0 aliphatic heterocycles. The van der Waals surface area contributed by atoms with Crippen molar-refractivity contribution in [2.24, 2.45) is 11.8 Å². The van der Waals surface area contributed by atoms with Crippen LogP contribution in [0.1, 0.15) is 47.0 Å². The molecule has 0 fully saturated rings. The Labute approximate surface area is 71.7 Å². The van der Waals surface area contributed by atoms with Crippen molar-refractivity contribution in [1.29, 1.82) is 0 Å². The Kier molecular flexibility index (Phi) is 6.30. The van der Waals surface area contributed by atoms with Gasteiger partial charge in [0.05, 0.1) is 0 Å². The van der Waals surface area contributed by atoms with Crippen LogP contribution in [-0.4, -0.2) is 0 Å². The quantitative estimate of drug-likeness (QED) is 0.414. The van der Waals surface area contributed by atoms with E-state index in [0.717, 1.165) is 5.92 Å². The van der Waals surface area contributed by atoms with Crippen LogP contribution in [0.3, 0.4) is 0 Å². The fourth-order valence-corrected chi connectivity index (χ4v) is 1.01. The molecule has 0 unspecified atom stereocenters. The fraction of sp³-hybridized carbons (Fsp3) is 0.818. The summed E-state index contributed by atoms with van der Waals surface area (Å²) in [4.78, 5) is 0. The minimum Gasteiger partial charge on any atom is -0.0883 e. The number of allylic oxidation sites excluding steroid dienone is 2. The smallest absolute Gasteiger partial charge is 0.0290 e. The molecular weight excluding hydrogens is 132 g/mol. The van der Waals surface area contributed by atoms with E-state index in [1.807, 2.05) is 0 Å². The van der Waals surface area contributed by atoms with E-state index in [1.54, 1.807) is 0 Å². The standard InChI is InChI=1S/C11H22/c1-10(2)8-6-5-7-9-11(3)4/h6,8,10-11H,5,7,9H2,1-4H3. The molecule has 11 heavy (non-hydrogen) atoms. The molecule has 0 saturated carbocycles. The Morgan fingerprint density at radius 2 is 1.73 bits per heavy atom. The summed E-state index contributed by atoms with van der Waals surface area (Å²) in [6, 6.07) is 0. The molecule has 66 valence electrons. The first kappa shape index (κ1) is 10.7. The molecule has 0 saturated heterocycles. The number of hydrogen-bond acceptors (Lipinski definition) is 0. The SMILES string of the molecule is CC(C)C=CCCCC(C)C. The Morgan fingerprint density at radius 3 is 2.18 bits per heavy atom. The summed E-state index contributed by atoms with van der Waals surface area (Å²) < 4.78 is 0. The van der Waals surface area contributed by atoms with Crippen LogP contribution in [0.2, 0.25) is 0 Å². The summed E-state index contributed by atoms with van der Waals surface area (Å²) >= 11 is 0. The van der Waals surface area contributed by atoms with Gasteiger partial charge in [0.25, 0.3) is 0 Å². The Bertz CT molecular complexity index is 98.6. The molecule has 0 atom stereocenters. The lowest BCUT2D eigenvalue weighted by molar-refractivity contribution is 0.559. The van der Waals surface area contributed by atoms with Crippen LogP contribution < -0.4 is 0 Å². The Balaban J connectivity index is 3.14. The lowest BCUT2D eigenvalue weighted by Gasteiger charge is -2.00. The van der Waals surface area contributed by atoms with E-state index in [2.05, 4.69) is 39.8 Å². The van der Waals surface area contributed by atoms with Crippen LogP contribution in [0.15, 0.2) is 12.2 Å². The third-order valence-electron chi connectivity index (χ3n) is 1.67. The van der Waals surface area contributed by atoms with E-state index in [1.165, 1.54) is 19.3 Å². The van der Waals surface area contributed by atoms with Gasteiger partial charge >= 0.3 is 0 Å². The maximum atomic E-state index is 2.31. The molecule has 0 aromatic heterocycles. The van der Waals surface area contributed by atoms with E-state index in [9.17, 15) is 0 Å². The van der Waals surface area contributed by atoms with Gasteiger partial charge in [0, 0.05) is 0 Å². The molecule has 0 N–H and O–H groups in total. The van der Waals surface area contributed by atoms with E-state index in [-0.39, 0.29) is 0 Å². The molecule has 0 rings (SSSR count). The van der Waals surface area contributed by atoms with Gasteiger partial charge in [-0.1, -0.05) is 46.3 Å². The highest BCUT2D eigenvalue weighted by Gasteiger charge is 1.91. The highest BCUT2D eigenvalue weighted by molar-refractivity contribution is 4.84. The molecule has 0 heteroatoms. The maximum absolute atomic E-state index is 2.31. The predicted molar refractivity (Wildman–Crippen MR) is 52.7 cm³/mol. The molecule has 0 aliphatic carbocycles. The average molecular weight is 154 g/mol. The van der Waals surface area contributed by atoms with Gasteiger partial charge < -0.3 is 0 Å².